The lowest BCUT2D eigenvalue weighted by molar-refractivity contribution is -0.389. The minimum atomic E-state index is -0.507. The summed E-state index contributed by atoms with van der Waals surface area (Å²) in [5.41, 5.74) is -0.395. The summed E-state index contributed by atoms with van der Waals surface area (Å²) in [5.74, 6) is 5.57. The van der Waals surface area contributed by atoms with Gasteiger partial charge in [0.2, 0.25) is 0 Å². The Hall–Kier alpha value is -1.71. The van der Waals surface area contributed by atoms with Gasteiger partial charge in [0.25, 0.3) is 0 Å². The van der Waals surface area contributed by atoms with E-state index in [1.807, 2.05) is 11.9 Å². The van der Waals surface area contributed by atoms with E-state index in [-0.39, 0.29) is 5.82 Å². The normalized spacial score (nSPS) is 27.3. The molecule has 1 aromatic heterocycles. The molecule has 2 aliphatic rings. The number of nitro groups is 1. The highest BCUT2D eigenvalue weighted by molar-refractivity contribution is 5.23. The van der Waals surface area contributed by atoms with Crippen LogP contribution >= 0.6 is 0 Å². The first kappa shape index (κ1) is 13.3. The van der Waals surface area contributed by atoms with Gasteiger partial charge in [-0.15, -0.1) is 0 Å². The first-order valence-electron chi connectivity index (χ1n) is 6.58. The summed E-state index contributed by atoms with van der Waals surface area (Å²) in [7, 11) is 0. The van der Waals surface area contributed by atoms with E-state index in [9.17, 15) is 10.1 Å². The van der Waals surface area contributed by atoms with Gasteiger partial charge in [-0.05, 0) is 11.8 Å². The fourth-order valence-electron chi connectivity index (χ4n) is 2.76. The minimum Gasteiger partial charge on any atom is -0.436 e. The molecule has 0 bridgehead atoms. The second-order valence-electron chi connectivity index (χ2n) is 5.63. The average molecular weight is 282 g/mol. The number of piperazine rings is 1. The van der Waals surface area contributed by atoms with Crippen molar-refractivity contribution in [3.63, 3.8) is 0 Å². The molecular formula is C11H18N6O3. The second kappa shape index (κ2) is 4.69. The number of hydrazine groups is 1. The highest BCUT2D eigenvalue weighted by Gasteiger charge is 2.41. The van der Waals surface area contributed by atoms with E-state index in [1.165, 1.54) is 6.20 Å². The summed E-state index contributed by atoms with van der Waals surface area (Å²) in [6.07, 6.45) is 1.43. The number of hydrogen-bond donors (Lipinski definition) is 1. The van der Waals surface area contributed by atoms with Gasteiger partial charge in [-0.1, -0.05) is 0 Å². The maximum Gasteiger partial charge on any atom is 0.415 e. The first-order valence-corrected chi connectivity index (χ1v) is 6.58. The molecule has 1 unspecified atom stereocenters. The largest absolute Gasteiger partial charge is 0.436 e. The molecule has 0 amide bonds. The number of nitrogens with zero attached hydrogens (tertiary/aromatic N) is 5. The van der Waals surface area contributed by atoms with Crippen LogP contribution in [-0.4, -0.2) is 62.7 Å². The number of ether oxygens (including phenoxy) is 1. The third-order valence-corrected chi connectivity index (χ3v) is 3.72. The Balaban J connectivity index is 1.64. The molecule has 0 aromatic carbocycles. The molecule has 9 heteroatoms. The zero-order chi connectivity index (χ0) is 14.3. The fourth-order valence-corrected chi connectivity index (χ4v) is 2.76. The van der Waals surface area contributed by atoms with E-state index in [0.29, 0.717) is 12.6 Å². The van der Waals surface area contributed by atoms with Crippen molar-refractivity contribution in [1.82, 2.24) is 19.5 Å². The molecule has 1 aromatic rings. The molecule has 1 fully saturated rings. The third kappa shape index (κ3) is 2.47. The maximum absolute atomic E-state index is 10.7. The molecule has 0 aliphatic carbocycles. The number of hydrogen-bond acceptors (Lipinski definition) is 7. The molecule has 1 atom stereocenters. The van der Waals surface area contributed by atoms with Crippen LogP contribution in [-0.2, 0) is 6.54 Å². The Bertz CT molecular complexity index is 499. The summed E-state index contributed by atoms with van der Waals surface area (Å²) >= 11 is 0. The summed E-state index contributed by atoms with van der Waals surface area (Å²) in [6.45, 7) is 6.82. The van der Waals surface area contributed by atoms with E-state index >= 15 is 0 Å². The van der Waals surface area contributed by atoms with E-state index in [0.717, 1.165) is 32.7 Å². The number of fused-ring (bicyclic) bond motifs is 1. The van der Waals surface area contributed by atoms with Crippen molar-refractivity contribution in [2.75, 3.05) is 32.7 Å². The second-order valence-corrected chi connectivity index (χ2v) is 5.63. The number of aromatic nitrogens is 2. The van der Waals surface area contributed by atoms with Crippen LogP contribution in [0.2, 0.25) is 0 Å². The molecule has 9 nitrogen and oxygen atoms in total. The zero-order valence-electron chi connectivity index (χ0n) is 11.4. The molecule has 0 saturated carbocycles. The summed E-state index contributed by atoms with van der Waals surface area (Å²) in [4.78, 5) is 16.3. The topological polar surface area (TPSA) is 103 Å². The molecule has 3 rings (SSSR count). The van der Waals surface area contributed by atoms with Crippen LogP contribution in [0.25, 0.3) is 0 Å². The van der Waals surface area contributed by atoms with Crippen molar-refractivity contribution in [1.29, 1.82) is 0 Å². The summed E-state index contributed by atoms with van der Waals surface area (Å²) < 4.78 is 7.52. The van der Waals surface area contributed by atoms with E-state index in [1.54, 1.807) is 4.57 Å². The van der Waals surface area contributed by atoms with Crippen molar-refractivity contribution in [3.05, 3.63) is 16.3 Å². The highest BCUT2D eigenvalue weighted by Crippen LogP contribution is 2.31. The maximum atomic E-state index is 10.7. The van der Waals surface area contributed by atoms with Gasteiger partial charge in [-0.3, -0.25) is 15.3 Å². The van der Waals surface area contributed by atoms with Gasteiger partial charge in [0.1, 0.15) is 11.8 Å². The Kier molecular flexibility index (Phi) is 3.11. The Labute approximate surface area is 116 Å². The summed E-state index contributed by atoms with van der Waals surface area (Å²) in [6, 6.07) is 0.330. The van der Waals surface area contributed by atoms with Crippen LogP contribution < -0.4 is 10.6 Å². The highest BCUT2D eigenvalue weighted by atomic mass is 16.6. The molecule has 1 saturated heterocycles. The van der Waals surface area contributed by atoms with Gasteiger partial charge in [0.05, 0.1) is 6.54 Å². The lowest BCUT2D eigenvalue weighted by Gasteiger charge is -2.36. The van der Waals surface area contributed by atoms with Gasteiger partial charge < -0.3 is 14.9 Å². The molecule has 20 heavy (non-hydrogen) atoms. The van der Waals surface area contributed by atoms with Crippen LogP contribution in [0.15, 0.2) is 6.20 Å². The van der Waals surface area contributed by atoms with E-state index in [2.05, 4.69) is 9.88 Å². The van der Waals surface area contributed by atoms with Crippen molar-refractivity contribution < 1.29 is 9.66 Å². The SMILES string of the molecule is CC1(CN2CCN(N)CC2)Cn2cc([N+](=O)[O-])nc2O1. The van der Waals surface area contributed by atoms with E-state index < -0.39 is 10.5 Å². The lowest BCUT2D eigenvalue weighted by Crippen LogP contribution is -2.54. The lowest BCUT2D eigenvalue weighted by atomic mass is 10.1. The zero-order valence-corrected chi connectivity index (χ0v) is 11.4. The quantitative estimate of drug-likeness (QED) is 0.450. The minimum absolute atomic E-state index is 0.168. The monoisotopic (exact) mass is 282 g/mol. The van der Waals surface area contributed by atoms with Gasteiger partial charge in [0.15, 0.2) is 0 Å². The van der Waals surface area contributed by atoms with Crippen LogP contribution in [0, 0.1) is 10.1 Å². The molecule has 2 N–H and O–H groups in total. The van der Waals surface area contributed by atoms with Crippen molar-refractivity contribution in [3.8, 4) is 6.01 Å². The van der Waals surface area contributed by atoms with Gasteiger partial charge in [-0.2, -0.15) is 0 Å². The van der Waals surface area contributed by atoms with Gasteiger partial charge in [-0.25, -0.2) is 5.01 Å². The van der Waals surface area contributed by atoms with Crippen LogP contribution in [0.5, 0.6) is 6.01 Å². The average Bonchev–Trinajstić information content (AvgIpc) is 2.87. The van der Waals surface area contributed by atoms with Gasteiger partial charge in [0, 0.05) is 37.7 Å². The van der Waals surface area contributed by atoms with E-state index in [4.69, 9.17) is 10.6 Å². The molecule has 0 spiro atoms. The molecule has 3 heterocycles. The molecule has 0 radical (unpaired) electrons. The Morgan fingerprint density at radius 1 is 1.50 bits per heavy atom. The molecule has 110 valence electrons. The van der Waals surface area contributed by atoms with Crippen molar-refractivity contribution in [2.24, 2.45) is 5.84 Å². The van der Waals surface area contributed by atoms with Crippen LogP contribution in [0.1, 0.15) is 6.92 Å². The fraction of sp³-hybridized carbons (Fsp3) is 0.727. The Morgan fingerprint density at radius 3 is 2.80 bits per heavy atom. The smallest absolute Gasteiger partial charge is 0.415 e. The standard InChI is InChI=1S/C11H18N6O3/c1-11(7-14-2-4-16(12)5-3-14)8-15-6-9(17(18)19)13-10(15)20-11/h6H,2-5,7-8,12H2,1H3. The number of imidazole rings is 1. The first-order chi connectivity index (χ1) is 9.45. The Morgan fingerprint density at radius 2 is 2.20 bits per heavy atom. The van der Waals surface area contributed by atoms with Gasteiger partial charge >= 0.3 is 11.8 Å². The predicted octanol–water partition coefficient (Wildman–Crippen LogP) is -0.566. The molecular weight excluding hydrogens is 264 g/mol. The number of rotatable bonds is 3. The van der Waals surface area contributed by atoms with Crippen LogP contribution in [0.3, 0.4) is 0 Å². The predicted molar refractivity (Wildman–Crippen MR) is 70.1 cm³/mol. The third-order valence-electron chi connectivity index (χ3n) is 3.72. The molecule has 2 aliphatic heterocycles. The van der Waals surface area contributed by atoms with Crippen LogP contribution in [0.4, 0.5) is 5.82 Å². The number of nitrogens with two attached hydrogens (primary N) is 1. The summed E-state index contributed by atoms with van der Waals surface area (Å²) in [5, 5.41) is 12.5. The van der Waals surface area contributed by atoms with Crippen molar-refractivity contribution in [2.45, 2.75) is 19.1 Å². The van der Waals surface area contributed by atoms with Crippen molar-refractivity contribution >= 4 is 5.82 Å².